The van der Waals surface area contributed by atoms with E-state index in [9.17, 15) is 5.26 Å². The Bertz CT molecular complexity index is 1470. The number of hydrogen-bond acceptors (Lipinski definition) is 5. The van der Waals surface area contributed by atoms with Crippen LogP contribution in [0.5, 0.6) is 0 Å². The molecule has 1 aliphatic rings. The van der Waals surface area contributed by atoms with Gasteiger partial charge in [-0.3, -0.25) is 0 Å². The first kappa shape index (κ1) is 27.2. The van der Waals surface area contributed by atoms with Crippen molar-refractivity contribution in [2.45, 2.75) is 44.8 Å². The molecule has 2 aromatic heterocycles. The molecule has 0 amide bonds. The van der Waals surface area contributed by atoms with Gasteiger partial charge in [-0.1, -0.05) is 55.8 Å². The van der Waals surface area contributed by atoms with Crippen molar-refractivity contribution >= 4 is 27.0 Å². The van der Waals surface area contributed by atoms with Gasteiger partial charge in [0.15, 0.2) is 0 Å². The third-order valence-electron chi connectivity index (χ3n) is 7.51. The summed E-state index contributed by atoms with van der Waals surface area (Å²) < 4.78 is 8.13. The van der Waals surface area contributed by atoms with Crippen molar-refractivity contribution in [2.24, 2.45) is 0 Å². The van der Waals surface area contributed by atoms with Crippen LogP contribution in [0.2, 0.25) is 0 Å². The number of fused-ring (bicyclic) bond motifs is 2. The molecule has 0 unspecified atom stereocenters. The fraction of sp³-hybridized carbons (Fsp3) is 0.406. The van der Waals surface area contributed by atoms with E-state index >= 15 is 0 Å². The van der Waals surface area contributed by atoms with Crippen LogP contribution < -0.4 is 5.32 Å². The molecule has 0 saturated carbocycles. The molecule has 0 bridgehead atoms. The second-order valence-electron chi connectivity index (χ2n) is 11.4. The summed E-state index contributed by atoms with van der Waals surface area (Å²) in [5.74, 6) is 1.70. The van der Waals surface area contributed by atoms with Gasteiger partial charge in [-0.2, -0.15) is 10.2 Å². The number of nitrogens with zero attached hydrogens (tertiary/aromatic N) is 4. The Hall–Kier alpha value is -3.34. The Morgan fingerprint density at radius 3 is 2.51 bits per heavy atom. The van der Waals surface area contributed by atoms with E-state index in [1.54, 1.807) is 0 Å². The summed E-state index contributed by atoms with van der Waals surface area (Å²) in [5.41, 5.74) is 5.74. The quantitative estimate of drug-likeness (QED) is 0.218. The van der Waals surface area contributed by atoms with E-state index in [-0.39, 0.29) is 0 Å². The third kappa shape index (κ3) is 5.98. The second kappa shape index (κ2) is 11.4. The standard InChI is InChI=1S/C32H39N5OS/c1-5-6-15-34-31-35-29(28-14-16-37(30(28)36-31)23-38-17-18-39(2,3)4)24-12-9-13-27(19-24)32(22-33)20-25-10-7-8-11-26(25)21-32/h7-14,16,19H,5-6,15,17-18,20-21,23H2,1-4H3,(H,34,35,36). The van der Waals surface area contributed by atoms with Crippen molar-refractivity contribution in [1.82, 2.24) is 14.5 Å². The maximum atomic E-state index is 10.4. The first-order valence-electron chi connectivity index (χ1n) is 13.8. The van der Waals surface area contributed by atoms with E-state index in [0.29, 0.717) is 12.7 Å². The highest BCUT2D eigenvalue weighted by atomic mass is 32.3. The van der Waals surface area contributed by atoms with Crippen LogP contribution in [-0.2, 0) is 29.7 Å². The molecular formula is C32H39N5OS. The number of hydrogen-bond donors (Lipinski definition) is 1. The Morgan fingerprint density at radius 1 is 1.05 bits per heavy atom. The molecule has 1 aliphatic carbocycles. The van der Waals surface area contributed by atoms with Crippen molar-refractivity contribution in [1.29, 1.82) is 5.26 Å². The average Bonchev–Trinajstić information content (AvgIpc) is 3.52. The predicted molar refractivity (Wildman–Crippen MR) is 164 cm³/mol. The predicted octanol–water partition coefficient (Wildman–Crippen LogP) is 6.54. The molecule has 0 fully saturated rings. The molecule has 5 rings (SSSR count). The van der Waals surface area contributed by atoms with Crippen LogP contribution in [0.25, 0.3) is 22.3 Å². The van der Waals surface area contributed by atoms with Gasteiger partial charge in [0.05, 0.1) is 23.8 Å². The molecule has 0 saturated heterocycles. The van der Waals surface area contributed by atoms with Gasteiger partial charge in [0.25, 0.3) is 0 Å². The van der Waals surface area contributed by atoms with Crippen molar-refractivity contribution in [3.05, 3.63) is 77.5 Å². The maximum Gasteiger partial charge on any atom is 0.225 e. The van der Waals surface area contributed by atoms with E-state index in [1.165, 1.54) is 11.1 Å². The normalized spacial score (nSPS) is 14.7. The fourth-order valence-electron chi connectivity index (χ4n) is 5.24. The summed E-state index contributed by atoms with van der Waals surface area (Å²) in [6.45, 7) is 4.19. The van der Waals surface area contributed by atoms with E-state index in [2.05, 4.69) is 96.2 Å². The van der Waals surface area contributed by atoms with Crippen LogP contribution in [-0.4, -0.2) is 52.2 Å². The molecule has 6 nitrogen and oxygen atoms in total. The molecule has 0 radical (unpaired) electrons. The summed E-state index contributed by atoms with van der Waals surface area (Å²) in [7, 11) is -0.599. The minimum Gasteiger partial charge on any atom is -0.360 e. The van der Waals surface area contributed by atoms with E-state index in [1.807, 2.05) is 6.20 Å². The van der Waals surface area contributed by atoms with E-state index in [4.69, 9.17) is 14.7 Å². The minimum atomic E-state index is -0.599. The molecule has 39 heavy (non-hydrogen) atoms. The molecule has 4 aromatic rings. The fourth-order valence-corrected chi connectivity index (χ4v) is 5.86. The number of ether oxygens (including phenoxy) is 1. The first-order chi connectivity index (χ1) is 18.8. The van der Waals surface area contributed by atoms with Crippen LogP contribution in [0.3, 0.4) is 0 Å². The van der Waals surface area contributed by atoms with Crippen LogP contribution in [0.1, 0.15) is 36.5 Å². The monoisotopic (exact) mass is 541 g/mol. The molecule has 7 heteroatoms. The van der Waals surface area contributed by atoms with Gasteiger partial charge in [-0.05, 0) is 66.9 Å². The Balaban J connectivity index is 1.50. The van der Waals surface area contributed by atoms with Crippen LogP contribution in [0, 0.1) is 11.3 Å². The number of unbranched alkanes of at least 4 members (excludes halogenated alkanes) is 1. The zero-order valence-corrected chi connectivity index (χ0v) is 24.4. The number of anilines is 1. The van der Waals surface area contributed by atoms with Gasteiger partial charge < -0.3 is 14.6 Å². The smallest absolute Gasteiger partial charge is 0.225 e. The Labute approximate surface area is 233 Å². The first-order valence-corrected chi connectivity index (χ1v) is 16.8. The molecule has 0 spiro atoms. The topological polar surface area (TPSA) is 75.8 Å². The highest BCUT2D eigenvalue weighted by Gasteiger charge is 2.39. The van der Waals surface area contributed by atoms with Gasteiger partial charge in [-0.25, -0.2) is 15.0 Å². The zero-order valence-electron chi connectivity index (χ0n) is 23.5. The summed E-state index contributed by atoms with van der Waals surface area (Å²) in [6.07, 6.45) is 12.6. The lowest BCUT2D eigenvalue weighted by Gasteiger charge is -2.24. The summed E-state index contributed by atoms with van der Waals surface area (Å²) in [6, 6.07) is 21.6. The molecular weight excluding hydrogens is 502 g/mol. The second-order valence-corrected chi connectivity index (χ2v) is 16.0. The lowest BCUT2D eigenvalue weighted by molar-refractivity contribution is 0.0924. The lowest BCUT2D eigenvalue weighted by Crippen LogP contribution is -2.24. The summed E-state index contributed by atoms with van der Waals surface area (Å²) >= 11 is 0. The van der Waals surface area contributed by atoms with Crippen LogP contribution in [0.4, 0.5) is 5.95 Å². The zero-order chi connectivity index (χ0) is 27.5. The van der Waals surface area contributed by atoms with Crippen LogP contribution in [0.15, 0.2) is 60.8 Å². The molecule has 204 valence electrons. The highest BCUT2D eigenvalue weighted by Crippen LogP contribution is 2.41. The third-order valence-corrected chi connectivity index (χ3v) is 8.90. The number of rotatable bonds is 11. The SMILES string of the molecule is CCCCNc1nc(-c2cccc(C3(C#N)Cc4ccccc4C3)c2)c2ccn(COCCS(C)(C)C)c2n1. The van der Waals surface area contributed by atoms with Gasteiger partial charge in [0.1, 0.15) is 12.4 Å². The Kier molecular flexibility index (Phi) is 7.97. The molecule has 2 aromatic carbocycles. The van der Waals surface area contributed by atoms with Gasteiger partial charge in [-0.15, -0.1) is 0 Å². The number of benzene rings is 2. The highest BCUT2D eigenvalue weighted by molar-refractivity contribution is 8.32. The number of nitriles is 1. The molecule has 2 heterocycles. The van der Waals surface area contributed by atoms with Gasteiger partial charge in [0, 0.05) is 29.4 Å². The molecule has 0 atom stereocenters. The molecule has 0 aliphatic heterocycles. The largest absolute Gasteiger partial charge is 0.360 e. The van der Waals surface area contributed by atoms with Crippen molar-refractivity contribution in [3.63, 3.8) is 0 Å². The minimum absolute atomic E-state index is 0.458. The number of nitrogens with one attached hydrogen (secondary N) is 1. The van der Waals surface area contributed by atoms with Crippen molar-refractivity contribution in [2.75, 3.05) is 43.0 Å². The van der Waals surface area contributed by atoms with E-state index in [0.717, 1.165) is 72.4 Å². The summed E-state index contributed by atoms with van der Waals surface area (Å²) in [5, 5.41) is 14.8. The number of aromatic nitrogens is 3. The van der Waals surface area contributed by atoms with Crippen molar-refractivity contribution < 1.29 is 4.74 Å². The maximum absolute atomic E-state index is 10.4. The van der Waals surface area contributed by atoms with E-state index < -0.39 is 15.4 Å². The van der Waals surface area contributed by atoms with Gasteiger partial charge in [0.2, 0.25) is 5.95 Å². The average molecular weight is 542 g/mol. The van der Waals surface area contributed by atoms with Crippen molar-refractivity contribution in [3.8, 4) is 17.3 Å². The van der Waals surface area contributed by atoms with Crippen LogP contribution >= 0.6 is 10.0 Å². The molecule has 1 N–H and O–H groups in total. The lowest BCUT2D eigenvalue weighted by atomic mass is 9.78. The summed E-state index contributed by atoms with van der Waals surface area (Å²) in [4.78, 5) is 9.88. The van der Waals surface area contributed by atoms with Gasteiger partial charge >= 0.3 is 0 Å². The Morgan fingerprint density at radius 2 is 1.82 bits per heavy atom.